The van der Waals surface area contributed by atoms with E-state index in [9.17, 15) is 0 Å². The molecule has 0 heteroatoms. The summed E-state index contributed by atoms with van der Waals surface area (Å²) in [6.07, 6.45) is 25.4. The van der Waals surface area contributed by atoms with Crippen LogP contribution in [0.5, 0.6) is 0 Å². The number of rotatable bonds is 10. The lowest BCUT2D eigenvalue weighted by atomic mass is 9.78. The number of benzene rings is 1. The third-order valence-electron chi connectivity index (χ3n) is 5.69. The molecule has 0 nitrogen and oxygen atoms in total. The van der Waals surface area contributed by atoms with E-state index in [1.165, 1.54) is 34.3 Å². The van der Waals surface area contributed by atoms with Crippen LogP contribution in [0.4, 0.5) is 0 Å². The Labute approximate surface area is 189 Å². The molecule has 31 heavy (non-hydrogen) atoms. The second-order valence-electron chi connectivity index (χ2n) is 8.21. The average molecular weight is 409 g/mol. The maximum absolute atomic E-state index is 4.09. The second kappa shape index (κ2) is 11.9. The van der Waals surface area contributed by atoms with Crippen LogP contribution in [-0.4, -0.2) is 0 Å². The lowest BCUT2D eigenvalue weighted by molar-refractivity contribution is 0.575. The molecule has 1 aromatic carbocycles. The van der Waals surface area contributed by atoms with E-state index >= 15 is 0 Å². The molecule has 1 aliphatic rings. The lowest BCUT2D eigenvalue weighted by Crippen LogP contribution is -2.13. The first-order valence-corrected chi connectivity index (χ1v) is 11.1. The highest BCUT2D eigenvalue weighted by Gasteiger charge is 2.35. The van der Waals surface area contributed by atoms with E-state index in [0.717, 1.165) is 12.0 Å². The topological polar surface area (TPSA) is 0 Å². The molecule has 0 fully saturated rings. The molecule has 0 aliphatic heterocycles. The minimum Gasteiger partial charge on any atom is -0.0984 e. The van der Waals surface area contributed by atoms with Crippen molar-refractivity contribution in [3.63, 3.8) is 0 Å². The summed E-state index contributed by atoms with van der Waals surface area (Å²) in [4.78, 5) is 0. The van der Waals surface area contributed by atoms with Gasteiger partial charge in [-0.3, -0.25) is 0 Å². The van der Waals surface area contributed by atoms with E-state index in [2.05, 4.69) is 120 Å². The van der Waals surface area contributed by atoms with Gasteiger partial charge in [-0.05, 0) is 46.8 Å². The van der Waals surface area contributed by atoms with Gasteiger partial charge in [0.2, 0.25) is 0 Å². The summed E-state index contributed by atoms with van der Waals surface area (Å²) in [5.41, 5.74) is 7.30. The van der Waals surface area contributed by atoms with Crippen LogP contribution in [-0.2, 0) is 0 Å². The molecule has 1 aliphatic carbocycles. The van der Waals surface area contributed by atoms with Crippen molar-refractivity contribution < 1.29 is 0 Å². The largest absolute Gasteiger partial charge is 0.0984 e. The molecule has 160 valence electrons. The van der Waals surface area contributed by atoms with Gasteiger partial charge >= 0.3 is 0 Å². The highest BCUT2D eigenvalue weighted by molar-refractivity contribution is 5.78. The molecule has 0 saturated carbocycles. The number of allylic oxidation sites excluding steroid dienone is 16. The normalized spacial score (nSPS) is 17.2. The van der Waals surface area contributed by atoms with Crippen molar-refractivity contribution >= 4 is 5.57 Å². The van der Waals surface area contributed by atoms with Gasteiger partial charge in [0.25, 0.3) is 0 Å². The van der Waals surface area contributed by atoms with Crippen LogP contribution in [0.25, 0.3) is 5.57 Å². The molecule has 0 aromatic heterocycles. The monoisotopic (exact) mass is 408 g/mol. The van der Waals surface area contributed by atoms with Gasteiger partial charge in [-0.2, -0.15) is 0 Å². The highest BCUT2D eigenvalue weighted by atomic mass is 14.4. The van der Waals surface area contributed by atoms with Gasteiger partial charge in [0.05, 0.1) is 0 Å². The molecule has 1 aromatic rings. The Morgan fingerprint density at radius 1 is 0.903 bits per heavy atom. The molecule has 0 amide bonds. The Morgan fingerprint density at radius 3 is 2.16 bits per heavy atom. The number of hydrogen-bond acceptors (Lipinski definition) is 0. The summed E-state index contributed by atoms with van der Waals surface area (Å²) in [5, 5.41) is 0. The van der Waals surface area contributed by atoms with Crippen LogP contribution in [0.1, 0.15) is 46.1 Å². The van der Waals surface area contributed by atoms with E-state index in [-0.39, 0.29) is 5.41 Å². The standard InChI is InChI=1S/C31H36/c1-7-10-11-12-13-14-15-16-20-23-29-28(9-3)25(4)30(31(29,5)6)24-26(8-2)27-21-18-17-19-22-27/h8-9,11-24H,2-3,7,10H2,1,4-6H3/b12-11+,14-13-,16-15-,23-20+,26-24+. The first-order valence-electron chi connectivity index (χ1n) is 11.1. The molecule has 0 N–H and O–H groups in total. The molecule has 0 bridgehead atoms. The number of hydrogen-bond donors (Lipinski definition) is 0. The zero-order valence-corrected chi connectivity index (χ0v) is 19.6. The van der Waals surface area contributed by atoms with Crippen molar-refractivity contribution in [2.24, 2.45) is 5.41 Å². The first kappa shape index (κ1) is 24.2. The minimum atomic E-state index is -0.111. The van der Waals surface area contributed by atoms with E-state index < -0.39 is 0 Å². The van der Waals surface area contributed by atoms with Crippen molar-refractivity contribution in [1.29, 1.82) is 0 Å². The Bertz CT molecular complexity index is 980. The zero-order chi connectivity index (χ0) is 22.7. The van der Waals surface area contributed by atoms with Crippen LogP contribution < -0.4 is 0 Å². The summed E-state index contributed by atoms with van der Waals surface area (Å²) in [5.74, 6) is 0. The van der Waals surface area contributed by atoms with E-state index in [1.807, 2.05) is 18.2 Å². The predicted molar refractivity (Wildman–Crippen MR) is 140 cm³/mol. The maximum atomic E-state index is 4.09. The van der Waals surface area contributed by atoms with Crippen LogP contribution >= 0.6 is 0 Å². The molecule has 0 radical (unpaired) electrons. The summed E-state index contributed by atoms with van der Waals surface area (Å²) >= 11 is 0. The van der Waals surface area contributed by atoms with Crippen LogP contribution in [0, 0.1) is 5.41 Å². The molecule has 0 atom stereocenters. The molecule has 0 unspecified atom stereocenters. The summed E-state index contributed by atoms with van der Waals surface area (Å²) in [6, 6.07) is 10.4. The quantitative estimate of drug-likeness (QED) is 0.339. The molecular formula is C31H36. The van der Waals surface area contributed by atoms with Gasteiger partial charge in [-0.1, -0.05) is 138 Å². The first-order chi connectivity index (χ1) is 15.0. The van der Waals surface area contributed by atoms with E-state index in [0.29, 0.717) is 0 Å². The predicted octanol–water partition coefficient (Wildman–Crippen LogP) is 9.12. The fourth-order valence-electron chi connectivity index (χ4n) is 3.94. The molecule has 0 spiro atoms. The lowest BCUT2D eigenvalue weighted by Gasteiger charge is -2.25. The molecule has 0 heterocycles. The fraction of sp³-hybridized carbons (Fsp3) is 0.226. The van der Waals surface area contributed by atoms with Gasteiger partial charge in [0, 0.05) is 5.41 Å². The van der Waals surface area contributed by atoms with Crippen molar-refractivity contribution in [3.05, 3.63) is 138 Å². The molecule has 0 saturated heterocycles. The maximum Gasteiger partial charge on any atom is 0.0155 e. The third kappa shape index (κ3) is 6.18. The summed E-state index contributed by atoms with van der Waals surface area (Å²) in [6.45, 7) is 17.1. The van der Waals surface area contributed by atoms with Crippen molar-refractivity contribution in [2.75, 3.05) is 0 Å². The summed E-state index contributed by atoms with van der Waals surface area (Å²) < 4.78 is 0. The van der Waals surface area contributed by atoms with Gasteiger partial charge in [0.15, 0.2) is 0 Å². The zero-order valence-electron chi connectivity index (χ0n) is 19.6. The highest BCUT2D eigenvalue weighted by Crippen LogP contribution is 2.49. The third-order valence-corrected chi connectivity index (χ3v) is 5.69. The Morgan fingerprint density at radius 2 is 1.55 bits per heavy atom. The van der Waals surface area contributed by atoms with Crippen molar-refractivity contribution in [1.82, 2.24) is 0 Å². The Kier molecular flexibility index (Phi) is 9.28. The molecular weight excluding hydrogens is 372 g/mol. The fourth-order valence-corrected chi connectivity index (χ4v) is 3.94. The number of unbranched alkanes of at least 4 members (excludes halogenated alkanes) is 1. The summed E-state index contributed by atoms with van der Waals surface area (Å²) in [7, 11) is 0. The second-order valence-corrected chi connectivity index (χ2v) is 8.21. The van der Waals surface area contributed by atoms with Gasteiger partial charge in [-0.15, -0.1) is 0 Å². The Balaban J connectivity index is 2.27. The van der Waals surface area contributed by atoms with Crippen LogP contribution in [0.15, 0.2) is 133 Å². The van der Waals surface area contributed by atoms with E-state index in [1.54, 1.807) is 0 Å². The van der Waals surface area contributed by atoms with Crippen LogP contribution in [0.2, 0.25) is 0 Å². The minimum absolute atomic E-state index is 0.111. The SMILES string of the molecule is C=CC1=C(/C=C/C=C\C=C/C=C/CCC)C(C)(C)C(/C=C(\C=C)c2ccccc2)=C1C. The van der Waals surface area contributed by atoms with Crippen LogP contribution in [0.3, 0.4) is 0 Å². The molecule has 2 rings (SSSR count). The van der Waals surface area contributed by atoms with Crippen molar-refractivity contribution in [2.45, 2.75) is 40.5 Å². The van der Waals surface area contributed by atoms with Gasteiger partial charge in [0.1, 0.15) is 0 Å². The van der Waals surface area contributed by atoms with Crippen molar-refractivity contribution in [3.8, 4) is 0 Å². The van der Waals surface area contributed by atoms with Gasteiger partial charge in [-0.25, -0.2) is 0 Å². The Hall–Kier alpha value is -3.12. The smallest absolute Gasteiger partial charge is 0.0155 e. The average Bonchev–Trinajstić information content (AvgIpc) is 2.95. The van der Waals surface area contributed by atoms with Gasteiger partial charge < -0.3 is 0 Å². The van der Waals surface area contributed by atoms with E-state index in [4.69, 9.17) is 0 Å².